The van der Waals surface area contributed by atoms with Crippen LogP contribution in [0, 0.1) is 6.92 Å². The van der Waals surface area contributed by atoms with Gasteiger partial charge in [-0.3, -0.25) is 24.6 Å². The Kier molecular flexibility index (Phi) is 5.45. The number of anilines is 2. The molecule has 1 aliphatic heterocycles. The van der Waals surface area contributed by atoms with Crippen molar-refractivity contribution in [2.45, 2.75) is 64.3 Å². The molecule has 0 saturated heterocycles. The predicted octanol–water partition coefficient (Wildman–Crippen LogP) is 3.84. The van der Waals surface area contributed by atoms with Crippen molar-refractivity contribution in [3.05, 3.63) is 34.3 Å². The number of fused-ring (bicyclic) bond motifs is 1. The molecule has 0 radical (unpaired) electrons. The van der Waals surface area contributed by atoms with Crippen LogP contribution in [-0.2, 0) is 9.59 Å². The maximum atomic E-state index is 13.0. The van der Waals surface area contributed by atoms with Crippen LogP contribution < -0.4 is 10.2 Å². The van der Waals surface area contributed by atoms with Crippen molar-refractivity contribution < 1.29 is 14.4 Å². The molecule has 1 aromatic carbocycles. The van der Waals surface area contributed by atoms with Crippen LogP contribution in [0.5, 0.6) is 0 Å². The molecule has 29 heavy (non-hydrogen) atoms. The summed E-state index contributed by atoms with van der Waals surface area (Å²) in [6.45, 7) is 3.69. The monoisotopic (exact) mass is 412 g/mol. The minimum absolute atomic E-state index is 0.353. The fourth-order valence-electron chi connectivity index (χ4n) is 4.16. The lowest BCUT2D eigenvalue weighted by atomic mass is 9.90. The Labute approximate surface area is 173 Å². The Morgan fingerprint density at radius 1 is 1.24 bits per heavy atom. The zero-order valence-electron chi connectivity index (χ0n) is 16.6. The number of hydrogen-bond donors (Lipinski definition) is 1. The summed E-state index contributed by atoms with van der Waals surface area (Å²) in [6.07, 6.45) is 6.27. The molecule has 1 aromatic heterocycles. The molecule has 1 fully saturated rings. The number of nitrogens with zero attached hydrogens (tertiary/aromatic N) is 3. The van der Waals surface area contributed by atoms with Crippen LogP contribution in [0.25, 0.3) is 0 Å². The van der Waals surface area contributed by atoms with E-state index in [4.69, 9.17) is 0 Å². The van der Waals surface area contributed by atoms with Crippen LogP contribution >= 0.6 is 11.3 Å². The van der Waals surface area contributed by atoms with Crippen LogP contribution in [-0.4, -0.2) is 33.8 Å². The molecule has 1 atom stereocenters. The quantitative estimate of drug-likeness (QED) is 0.753. The van der Waals surface area contributed by atoms with E-state index < -0.39 is 17.7 Å². The lowest BCUT2D eigenvalue weighted by molar-refractivity contribution is -0.121. The summed E-state index contributed by atoms with van der Waals surface area (Å²) >= 11 is 1.40. The van der Waals surface area contributed by atoms with Crippen molar-refractivity contribution in [2.75, 3.05) is 10.2 Å². The topological polar surface area (TPSA) is 92.3 Å². The first-order chi connectivity index (χ1) is 14.0. The number of Topliss-reactive ketones (excluding diaryl/α,β-unsaturated/α-hetero) is 1. The van der Waals surface area contributed by atoms with E-state index in [-0.39, 0.29) is 5.91 Å². The highest BCUT2D eigenvalue weighted by atomic mass is 32.1. The summed E-state index contributed by atoms with van der Waals surface area (Å²) in [4.78, 5) is 39.3. The van der Waals surface area contributed by atoms with E-state index in [1.165, 1.54) is 35.5 Å². The van der Waals surface area contributed by atoms with Crippen molar-refractivity contribution in [1.29, 1.82) is 0 Å². The molecule has 0 bridgehead atoms. The number of aryl methyl sites for hydroxylation is 1. The molecule has 1 unspecified atom stereocenters. The van der Waals surface area contributed by atoms with E-state index >= 15 is 0 Å². The lowest BCUT2D eigenvalue weighted by Crippen LogP contribution is -2.46. The highest BCUT2D eigenvalue weighted by molar-refractivity contribution is 7.15. The van der Waals surface area contributed by atoms with Crippen LogP contribution in [0.2, 0.25) is 0 Å². The van der Waals surface area contributed by atoms with Crippen molar-refractivity contribution in [2.24, 2.45) is 0 Å². The van der Waals surface area contributed by atoms with Gasteiger partial charge in [0, 0.05) is 5.92 Å². The molecular formula is C21H24N4O3S. The molecule has 2 aliphatic rings. The van der Waals surface area contributed by atoms with E-state index in [0.29, 0.717) is 28.7 Å². The molecule has 1 saturated carbocycles. The number of carbonyl (C=O) groups is 3. The van der Waals surface area contributed by atoms with Crippen molar-refractivity contribution in [3.8, 4) is 0 Å². The van der Waals surface area contributed by atoms with E-state index in [2.05, 4.69) is 15.5 Å². The number of ketones is 1. The van der Waals surface area contributed by atoms with Crippen LogP contribution in [0.4, 0.5) is 10.8 Å². The third kappa shape index (κ3) is 3.69. The minimum atomic E-state index is -0.780. The summed E-state index contributed by atoms with van der Waals surface area (Å²) in [5.41, 5.74) is 1.75. The molecule has 2 amide bonds. The van der Waals surface area contributed by atoms with Gasteiger partial charge >= 0.3 is 0 Å². The van der Waals surface area contributed by atoms with Gasteiger partial charge in [0.15, 0.2) is 0 Å². The van der Waals surface area contributed by atoms with E-state index in [1.807, 2.05) is 19.9 Å². The third-order valence-electron chi connectivity index (χ3n) is 5.70. The van der Waals surface area contributed by atoms with Gasteiger partial charge in [0.05, 0.1) is 11.3 Å². The van der Waals surface area contributed by atoms with Gasteiger partial charge in [-0.05, 0) is 38.3 Å². The van der Waals surface area contributed by atoms with Gasteiger partial charge in [-0.1, -0.05) is 49.2 Å². The maximum Gasteiger partial charge on any atom is 0.300 e. The van der Waals surface area contributed by atoms with E-state index in [9.17, 15) is 14.4 Å². The van der Waals surface area contributed by atoms with Crippen molar-refractivity contribution >= 4 is 39.8 Å². The first-order valence-electron chi connectivity index (χ1n) is 10.1. The highest BCUT2D eigenvalue weighted by Crippen LogP contribution is 2.36. The predicted molar refractivity (Wildman–Crippen MR) is 111 cm³/mol. The normalized spacial score (nSPS) is 18.1. The average Bonchev–Trinajstić information content (AvgIpc) is 3.28. The first kappa shape index (κ1) is 19.7. The number of nitrogens with one attached hydrogen (secondary N) is 1. The van der Waals surface area contributed by atoms with Crippen LogP contribution in [0.1, 0.15) is 72.3 Å². The van der Waals surface area contributed by atoms with Gasteiger partial charge in [0.1, 0.15) is 11.0 Å². The summed E-state index contributed by atoms with van der Waals surface area (Å²) in [7, 11) is 0. The number of amides is 2. The van der Waals surface area contributed by atoms with Gasteiger partial charge in [0.2, 0.25) is 11.0 Å². The van der Waals surface area contributed by atoms with Gasteiger partial charge in [-0.2, -0.15) is 0 Å². The van der Waals surface area contributed by atoms with Gasteiger partial charge < -0.3 is 0 Å². The molecule has 2 aromatic rings. The fourth-order valence-corrected chi connectivity index (χ4v) is 5.07. The first-order valence-corrected chi connectivity index (χ1v) is 10.9. The van der Waals surface area contributed by atoms with Gasteiger partial charge in [0.25, 0.3) is 11.7 Å². The van der Waals surface area contributed by atoms with E-state index in [0.717, 1.165) is 23.4 Å². The molecule has 1 N–H and O–H groups in total. The molecule has 1 aliphatic carbocycles. The Morgan fingerprint density at radius 3 is 2.72 bits per heavy atom. The summed E-state index contributed by atoms with van der Waals surface area (Å²) in [5.74, 6) is -1.16. The minimum Gasteiger partial charge on any atom is -0.299 e. The summed E-state index contributed by atoms with van der Waals surface area (Å²) in [6, 6.07) is 4.48. The molecule has 0 spiro atoms. The summed E-state index contributed by atoms with van der Waals surface area (Å²) in [5, 5.41) is 12.6. The number of benzene rings is 1. The molecule has 2 heterocycles. The standard InChI is InChI=1S/C21H24N4O3S/c1-3-15(25-16-10-9-12(2)11-14(16)17(26)20(25)28)18(27)22-21-24-23-19(29-21)13-7-5-4-6-8-13/h9-11,13,15H,3-8H2,1-2H3,(H,22,24,27). The van der Waals surface area contributed by atoms with Gasteiger partial charge in [-0.25, -0.2) is 0 Å². The fraction of sp³-hybridized carbons (Fsp3) is 0.476. The molecule has 4 rings (SSSR count). The smallest absolute Gasteiger partial charge is 0.299 e. The highest BCUT2D eigenvalue weighted by Gasteiger charge is 2.42. The van der Waals surface area contributed by atoms with Gasteiger partial charge in [-0.15, -0.1) is 10.2 Å². The van der Waals surface area contributed by atoms with Crippen LogP contribution in [0.15, 0.2) is 18.2 Å². The number of aromatic nitrogens is 2. The second kappa shape index (κ2) is 8.02. The molecular weight excluding hydrogens is 388 g/mol. The number of rotatable bonds is 5. The van der Waals surface area contributed by atoms with Crippen molar-refractivity contribution in [1.82, 2.24) is 10.2 Å². The third-order valence-corrected chi connectivity index (χ3v) is 6.70. The molecule has 7 nitrogen and oxygen atoms in total. The SMILES string of the molecule is CCC(C(=O)Nc1nnc(C2CCCCC2)s1)N1C(=O)C(=O)c2cc(C)ccc21. The van der Waals surface area contributed by atoms with Crippen LogP contribution in [0.3, 0.4) is 0 Å². The largest absolute Gasteiger partial charge is 0.300 e. The Balaban J connectivity index is 1.53. The Bertz CT molecular complexity index is 965. The average molecular weight is 413 g/mol. The Hall–Kier alpha value is -2.61. The zero-order valence-corrected chi connectivity index (χ0v) is 17.4. The lowest BCUT2D eigenvalue weighted by Gasteiger charge is -2.25. The number of carbonyl (C=O) groups excluding carboxylic acids is 3. The molecule has 152 valence electrons. The van der Waals surface area contributed by atoms with Crippen molar-refractivity contribution in [3.63, 3.8) is 0 Å². The molecule has 8 heteroatoms. The maximum absolute atomic E-state index is 13.0. The zero-order chi connectivity index (χ0) is 20.5. The Morgan fingerprint density at radius 2 is 2.00 bits per heavy atom. The second-order valence-corrected chi connectivity index (χ2v) is 8.73. The number of hydrogen-bond acceptors (Lipinski definition) is 6. The summed E-state index contributed by atoms with van der Waals surface area (Å²) < 4.78 is 0. The second-order valence-electron chi connectivity index (χ2n) is 7.72. The van der Waals surface area contributed by atoms with E-state index in [1.54, 1.807) is 12.1 Å².